The third-order valence-electron chi connectivity index (χ3n) is 6.61. The van der Waals surface area contributed by atoms with Crippen LogP contribution in [0.15, 0.2) is 72.8 Å². The predicted octanol–water partition coefficient (Wildman–Crippen LogP) is 5.55. The van der Waals surface area contributed by atoms with E-state index in [2.05, 4.69) is 12.2 Å². The summed E-state index contributed by atoms with van der Waals surface area (Å²) in [6.45, 7) is 8.91. The first-order valence-corrected chi connectivity index (χ1v) is 12.7. The van der Waals surface area contributed by atoms with Crippen LogP contribution in [-0.4, -0.2) is 35.9 Å². The summed E-state index contributed by atoms with van der Waals surface area (Å²) in [6, 6.07) is 23.0. The maximum Gasteiger partial charge on any atom is 0.261 e. The van der Waals surface area contributed by atoms with Gasteiger partial charge in [-0.1, -0.05) is 80.1 Å². The number of nitrogens with one attached hydrogen (secondary N) is 1. The second-order valence-electron chi connectivity index (χ2n) is 9.28. The third kappa shape index (κ3) is 7.45. The van der Waals surface area contributed by atoms with Gasteiger partial charge in [0.25, 0.3) is 5.91 Å². The normalized spacial score (nSPS) is 11.6. The van der Waals surface area contributed by atoms with Gasteiger partial charge in [-0.2, -0.15) is 0 Å². The zero-order chi connectivity index (χ0) is 25.9. The Morgan fingerprint density at radius 2 is 1.58 bits per heavy atom. The summed E-state index contributed by atoms with van der Waals surface area (Å²) in [6.07, 6.45) is 2.31. The lowest BCUT2D eigenvalue weighted by Gasteiger charge is -2.32. The lowest BCUT2D eigenvalue weighted by molar-refractivity contribution is -0.142. The zero-order valence-electron chi connectivity index (χ0n) is 21.9. The van der Waals surface area contributed by atoms with E-state index in [4.69, 9.17) is 4.74 Å². The number of hydrogen-bond donors (Lipinski definition) is 1. The van der Waals surface area contributed by atoms with Crippen LogP contribution in [0.1, 0.15) is 47.6 Å². The van der Waals surface area contributed by atoms with Crippen molar-refractivity contribution in [2.75, 3.05) is 13.2 Å². The van der Waals surface area contributed by atoms with Gasteiger partial charge in [-0.25, -0.2) is 0 Å². The molecule has 0 aliphatic rings. The van der Waals surface area contributed by atoms with Crippen molar-refractivity contribution in [3.63, 3.8) is 0 Å². The molecule has 0 fully saturated rings. The molecule has 0 radical (unpaired) electrons. The monoisotopic (exact) mass is 486 g/mol. The molecular weight excluding hydrogens is 448 g/mol. The molecule has 1 unspecified atom stereocenters. The molecular formula is C31H38N2O3. The van der Waals surface area contributed by atoms with Crippen molar-refractivity contribution in [3.8, 4) is 5.75 Å². The van der Waals surface area contributed by atoms with E-state index < -0.39 is 6.04 Å². The van der Waals surface area contributed by atoms with E-state index in [0.29, 0.717) is 25.3 Å². The van der Waals surface area contributed by atoms with Gasteiger partial charge in [-0.15, -0.1) is 0 Å². The second-order valence-corrected chi connectivity index (χ2v) is 9.28. The van der Waals surface area contributed by atoms with Gasteiger partial charge in [-0.05, 0) is 61.1 Å². The third-order valence-corrected chi connectivity index (χ3v) is 6.61. The summed E-state index contributed by atoms with van der Waals surface area (Å²) in [4.78, 5) is 28.9. The number of ether oxygens (including phenoxy) is 1. The lowest BCUT2D eigenvalue weighted by atomic mass is 10.0. The smallest absolute Gasteiger partial charge is 0.261 e. The average molecular weight is 487 g/mol. The van der Waals surface area contributed by atoms with Crippen LogP contribution in [0.4, 0.5) is 0 Å². The number of aryl methyl sites for hydroxylation is 2. The first-order chi connectivity index (χ1) is 17.4. The number of carbonyl (C=O) groups excluding carboxylic acids is 2. The van der Waals surface area contributed by atoms with E-state index in [9.17, 15) is 9.59 Å². The Morgan fingerprint density at radius 1 is 0.889 bits per heavy atom. The lowest BCUT2D eigenvalue weighted by Crippen LogP contribution is -2.52. The van der Waals surface area contributed by atoms with E-state index >= 15 is 0 Å². The largest absolute Gasteiger partial charge is 0.483 e. The minimum Gasteiger partial charge on any atom is -0.483 e. The molecule has 3 aromatic carbocycles. The van der Waals surface area contributed by atoms with Crippen LogP contribution in [0.3, 0.4) is 0 Å². The van der Waals surface area contributed by atoms with Crippen LogP contribution >= 0.6 is 0 Å². The van der Waals surface area contributed by atoms with Crippen molar-refractivity contribution in [3.05, 3.63) is 101 Å². The van der Waals surface area contributed by atoms with Crippen LogP contribution in [0, 0.1) is 20.8 Å². The number of rotatable bonds is 12. The average Bonchev–Trinajstić information content (AvgIpc) is 2.88. The molecule has 0 saturated heterocycles. The molecule has 5 heteroatoms. The number of carbonyl (C=O) groups is 2. The molecule has 0 aliphatic heterocycles. The highest BCUT2D eigenvalue weighted by Gasteiger charge is 2.31. The fraction of sp³-hybridized carbons (Fsp3) is 0.355. The van der Waals surface area contributed by atoms with Gasteiger partial charge in [0.05, 0.1) is 0 Å². The Kier molecular flexibility index (Phi) is 10.1. The van der Waals surface area contributed by atoms with Crippen LogP contribution < -0.4 is 10.1 Å². The second kappa shape index (κ2) is 13.5. The fourth-order valence-electron chi connectivity index (χ4n) is 4.13. The van der Waals surface area contributed by atoms with Crippen molar-refractivity contribution in [1.82, 2.24) is 10.2 Å². The minimum absolute atomic E-state index is 0.135. The molecule has 2 amide bonds. The van der Waals surface area contributed by atoms with E-state index in [1.807, 2.05) is 93.6 Å². The Balaban J connectivity index is 1.91. The maximum absolute atomic E-state index is 13.7. The molecule has 0 heterocycles. The van der Waals surface area contributed by atoms with Gasteiger partial charge in [0, 0.05) is 19.5 Å². The number of hydrogen-bond acceptors (Lipinski definition) is 3. The van der Waals surface area contributed by atoms with Crippen molar-refractivity contribution in [2.24, 2.45) is 0 Å². The molecule has 1 N–H and O–H groups in total. The minimum atomic E-state index is -0.654. The summed E-state index contributed by atoms with van der Waals surface area (Å²) in [7, 11) is 0. The van der Waals surface area contributed by atoms with E-state index in [0.717, 1.165) is 40.7 Å². The Morgan fingerprint density at radius 3 is 2.31 bits per heavy atom. The molecule has 0 saturated carbocycles. The van der Waals surface area contributed by atoms with Gasteiger partial charge < -0.3 is 15.0 Å². The highest BCUT2D eigenvalue weighted by atomic mass is 16.5. The topological polar surface area (TPSA) is 58.6 Å². The summed E-state index contributed by atoms with van der Waals surface area (Å²) < 4.78 is 5.98. The number of unbranched alkanes of at least 4 members (excludes halogenated alkanes) is 1. The first-order valence-electron chi connectivity index (χ1n) is 12.7. The van der Waals surface area contributed by atoms with E-state index in [-0.39, 0.29) is 18.4 Å². The molecule has 0 spiro atoms. The van der Waals surface area contributed by atoms with Gasteiger partial charge in [-0.3, -0.25) is 9.59 Å². The Labute approximate surface area is 215 Å². The SMILES string of the molecule is CCCCNC(=O)C(Cc1ccccc1)N(Cc1ccccc1C)C(=O)COc1cccc(C)c1C. The van der Waals surface area contributed by atoms with Crippen LogP contribution in [-0.2, 0) is 22.6 Å². The van der Waals surface area contributed by atoms with Crippen LogP contribution in [0.2, 0.25) is 0 Å². The van der Waals surface area contributed by atoms with Crippen molar-refractivity contribution in [1.29, 1.82) is 0 Å². The van der Waals surface area contributed by atoms with Gasteiger partial charge in [0.15, 0.2) is 6.61 Å². The Hall–Kier alpha value is -3.60. The molecule has 0 aliphatic carbocycles. The zero-order valence-corrected chi connectivity index (χ0v) is 21.9. The van der Waals surface area contributed by atoms with E-state index in [1.165, 1.54) is 0 Å². The first kappa shape index (κ1) is 27.0. The van der Waals surface area contributed by atoms with Crippen molar-refractivity contribution in [2.45, 2.75) is 59.5 Å². The van der Waals surface area contributed by atoms with Crippen LogP contribution in [0.25, 0.3) is 0 Å². The van der Waals surface area contributed by atoms with Gasteiger partial charge in [0.2, 0.25) is 5.91 Å². The molecule has 3 aromatic rings. The summed E-state index contributed by atoms with van der Waals surface area (Å²) in [5.74, 6) is 0.331. The van der Waals surface area contributed by atoms with Crippen LogP contribution in [0.5, 0.6) is 5.75 Å². The van der Waals surface area contributed by atoms with Crippen molar-refractivity contribution < 1.29 is 14.3 Å². The molecule has 190 valence electrons. The number of amides is 2. The Bertz CT molecular complexity index is 1140. The molecule has 1 atom stereocenters. The maximum atomic E-state index is 13.7. The van der Waals surface area contributed by atoms with Gasteiger partial charge in [0.1, 0.15) is 11.8 Å². The van der Waals surface area contributed by atoms with Crippen molar-refractivity contribution >= 4 is 11.8 Å². The molecule has 5 nitrogen and oxygen atoms in total. The number of nitrogens with zero attached hydrogens (tertiary/aromatic N) is 1. The summed E-state index contributed by atoms with van der Waals surface area (Å²) in [5, 5.41) is 3.06. The predicted molar refractivity (Wildman–Crippen MR) is 145 cm³/mol. The summed E-state index contributed by atoms with van der Waals surface area (Å²) in [5.41, 5.74) is 5.21. The summed E-state index contributed by atoms with van der Waals surface area (Å²) >= 11 is 0. The number of benzene rings is 3. The highest BCUT2D eigenvalue weighted by Crippen LogP contribution is 2.22. The molecule has 3 rings (SSSR count). The molecule has 0 aromatic heterocycles. The van der Waals surface area contributed by atoms with Gasteiger partial charge >= 0.3 is 0 Å². The molecule has 0 bridgehead atoms. The standard InChI is InChI=1S/C31H38N2O3/c1-5-6-19-32-31(35)28(20-26-15-8-7-9-16-26)33(21-27-17-11-10-13-24(27)3)30(34)22-36-29-18-12-14-23(2)25(29)4/h7-18,28H,5-6,19-22H2,1-4H3,(H,32,35). The van der Waals surface area contributed by atoms with E-state index in [1.54, 1.807) is 4.90 Å². The fourth-order valence-corrected chi connectivity index (χ4v) is 4.13. The quantitative estimate of drug-likeness (QED) is 0.342. The highest BCUT2D eigenvalue weighted by molar-refractivity contribution is 5.88. The molecule has 36 heavy (non-hydrogen) atoms.